The Morgan fingerprint density at radius 1 is 1.36 bits per heavy atom. The zero-order chi connectivity index (χ0) is 9.71. The van der Waals surface area contributed by atoms with Gasteiger partial charge in [-0.2, -0.15) is 8.42 Å². The van der Waals surface area contributed by atoms with Gasteiger partial charge in [-0.25, -0.2) is 9.44 Å². The van der Waals surface area contributed by atoms with Crippen LogP contribution in [0.25, 0.3) is 0 Å². The molecular weight excluding hydrogens is 170 g/mol. The summed E-state index contributed by atoms with van der Waals surface area (Å²) in [7, 11) is -4.28. The van der Waals surface area contributed by atoms with Crippen molar-refractivity contribution in [2.24, 2.45) is 0 Å². The van der Waals surface area contributed by atoms with Gasteiger partial charge in [0.15, 0.2) is 0 Å². The Kier molecular flexibility index (Phi) is 5.06. The van der Waals surface area contributed by atoms with Gasteiger partial charge in [-0.1, -0.05) is 0 Å². The van der Waals surface area contributed by atoms with Gasteiger partial charge in [-0.3, -0.25) is 4.55 Å². The highest BCUT2D eigenvalue weighted by molar-refractivity contribution is 7.80. The molecule has 0 saturated carbocycles. The number of rotatable bonds is 1. The maximum Gasteiger partial charge on any atom is 0.397 e. The Balaban J connectivity index is 0. The van der Waals surface area contributed by atoms with Crippen LogP contribution in [0.3, 0.4) is 0 Å². The van der Waals surface area contributed by atoms with Gasteiger partial charge in [0.25, 0.3) is 0 Å². The van der Waals surface area contributed by atoms with E-state index in [1.54, 1.807) is 0 Å². The first-order valence-electron chi connectivity index (χ1n) is 2.64. The van der Waals surface area contributed by atoms with Crippen molar-refractivity contribution in [1.29, 1.82) is 5.26 Å². The van der Waals surface area contributed by atoms with Crippen molar-refractivity contribution in [2.75, 3.05) is 0 Å². The van der Waals surface area contributed by atoms with E-state index in [1.165, 1.54) is 20.8 Å². The van der Waals surface area contributed by atoms with Gasteiger partial charge < -0.3 is 0 Å². The van der Waals surface area contributed by atoms with Crippen LogP contribution in [0, 0.1) is 11.8 Å². The predicted molar refractivity (Wildman–Crippen MR) is 39.1 cm³/mol. The van der Waals surface area contributed by atoms with Gasteiger partial charge >= 0.3 is 10.4 Å². The topological polar surface area (TPSA) is 87.4 Å². The SMILES string of the molecule is C#N.CC(C)(C)OS(=O)(=O)O. The summed E-state index contributed by atoms with van der Waals surface area (Å²) in [6.45, 7) is 8.09. The van der Waals surface area contributed by atoms with E-state index in [2.05, 4.69) is 10.8 Å². The third kappa shape index (κ3) is 17.6. The van der Waals surface area contributed by atoms with Crippen molar-refractivity contribution in [3.8, 4) is 6.57 Å². The molecule has 0 heterocycles. The van der Waals surface area contributed by atoms with Crippen LogP contribution in [0.4, 0.5) is 0 Å². The first kappa shape index (κ1) is 13.0. The summed E-state index contributed by atoms with van der Waals surface area (Å²) < 4.78 is 32.2. The standard InChI is InChI=1S/C4H10O4S.CHN/c1-4(2,3)8-9(5,6)7;1-2/h1-3H3,(H,5,6,7);1H. The molecule has 0 aromatic heterocycles. The van der Waals surface area contributed by atoms with E-state index >= 15 is 0 Å². The van der Waals surface area contributed by atoms with Crippen molar-refractivity contribution >= 4 is 10.4 Å². The Labute approximate surface area is 66.5 Å². The molecule has 0 saturated heterocycles. The number of hydrogen-bond donors (Lipinski definition) is 1. The fourth-order valence-corrected chi connectivity index (χ4v) is 0.948. The molecule has 0 spiro atoms. The minimum atomic E-state index is -4.28. The summed E-state index contributed by atoms with van der Waals surface area (Å²) in [5, 5.41) is 6.50. The molecule has 0 radical (unpaired) electrons. The summed E-state index contributed by atoms with van der Waals surface area (Å²) in [4.78, 5) is 0. The fraction of sp³-hybridized carbons (Fsp3) is 0.800. The Morgan fingerprint density at radius 2 is 1.64 bits per heavy atom. The zero-order valence-corrected chi connectivity index (χ0v) is 7.42. The van der Waals surface area contributed by atoms with E-state index < -0.39 is 16.0 Å². The molecule has 0 aliphatic rings. The lowest BCUT2D eigenvalue weighted by Gasteiger charge is -2.14. The van der Waals surface area contributed by atoms with Crippen molar-refractivity contribution in [1.82, 2.24) is 0 Å². The molecule has 0 bridgehead atoms. The van der Waals surface area contributed by atoms with Gasteiger partial charge in [-0.15, -0.1) is 0 Å². The Hall–Kier alpha value is -0.640. The summed E-state index contributed by atoms with van der Waals surface area (Å²) in [6, 6.07) is 0. The van der Waals surface area contributed by atoms with E-state index in [1.807, 2.05) is 0 Å². The maximum absolute atomic E-state index is 9.98. The number of nitriles is 1. The minimum absolute atomic E-state index is 0.854. The summed E-state index contributed by atoms with van der Waals surface area (Å²) in [6.07, 6.45) is 0. The van der Waals surface area contributed by atoms with Crippen molar-refractivity contribution < 1.29 is 17.2 Å². The van der Waals surface area contributed by atoms with Crippen molar-refractivity contribution in [2.45, 2.75) is 26.4 Å². The first-order chi connectivity index (χ1) is 4.71. The van der Waals surface area contributed by atoms with E-state index in [-0.39, 0.29) is 0 Å². The van der Waals surface area contributed by atoms with Gasteiger partial charge in [0.05, 0.1) is 5.60 Å². The molecule has 0 aliphatic heterocycles. The highest BCUT2D eigenvalue weighted by atomic mass is 32.3. The summed E-state index contributed by atoms with van der Waals surface area (Å²) in [5.74, 6) is 0. The van der Waals surface area contributed by atoms with E-state index in [0.717, 1.165) is 0 Å². The molecule has 0 fully saturated rings. The second-order valence-corrected chi connectivity index (χ2v) is 3.65. The smallest absolute Gasteiger partial charge is 0.264 e. The lowest BCUT2D eigenvalue weighted by molar-refractivity contribution is 0.119. The summed E-state index contributed by atoms with van der Waals surface area (Å²) in [5.41, 5.74) is -0.854. The van der Waals surface area contributed by atoms with Gasteiger partial charge in [0.2, 0.25) is 0 Å². The highest BCUT2D eigenvalue weighted by Crippen LogP contribution is 2.09. The first-order valence-corrected chi connectivity index (χ1v) is 4.01. The molecule has 0 aromatic carbocycles. The Morgan fingerprint density at radius 3 is 1.64 bits per heavy atom. The minimum Gasteiger partial charge on any atom is -0.264 e. The van der Waals surface area contributed by atoms with E-state index in [4.69, 9.17) is 9.81 Å². The quantitative estimate of drug-likeness (QED) is 0.603. The molecule has 6 heteroatoms. The van der Waals surface area contributed by atoms with Crippen LogP contribution in [-0.4, -0.2) is 18.6 Å². The number of nitrogens with zero attached hydrogens (tertiary/aromatic N) is 1. The van der Waals surface area contributed by atoms with Crippen molar-refractivity contribution in [3.63, 3.8) is 0 Å². The molecule has 0 amide bonds. The molecule has 5 nitrogen and oxygen atoms in total. The van der Waals surface area contributed by atoms with Crippen molar-refractivity contribution in [3.05, 3.63) is 0 Å². The van der Waals surface area contributed by atoms with E-state index in [9.17, 15) is 8.42 Å². The lowest BCUT2D eigenvalue weighted by atomic mass is 10.2. The Bertz CT molecular complexity index is 210. The van der Waals surface area contributed by atoms with Crippen LogP contribution in [-0.2, 0) is 14.6 Å². The average molecular weight is 181 g/mol. The molecule has 0 aromatic rings. The third-order valence-electron chi connectivity index (χ3n) is 0.355. The zero-order valence-electron chi connectivity index (χ0n) is 6.60. The van der Waals surface area contributed by atoms with Gasteiger partial charge in [-0.05, 0) is 20.8 Å². The molecule has 0 unspecified atom stereocenters. The van der Waals surface area contributed by atoms with Gasteiger partial charge in [0, 0.05) is 6.57 Å². The second-order valence-electron chi connectivity index (χ2n) is 2.62. The number of hydrogen-bond acceptors (Lipinski definition) is 4. The van der Waals surface area contributed by atoms with Crippen LogP contribution in [0.1, 0.15) is 20.8 Å². The largest absolute Gasteiger partial charge is 0.397 e. The predicted octanol–water partition coefficient (Wildman–Crippen LogP) is 0.744. The molecule has 0 atom stereocenters. The molecule has 1 N–H and O–H groups in total. The maximum atomic E-state index is 9.98. The molecular formula is C5H11NO4S. The van der Waals surface area contributed by atoms with Crippen LogP contribution in [0.15, 0.2) is 0 Å². The molecule has 0 aliphatic carbocycles. The van der Waals surface area contributed by atoms with Crippen LogP contribution < -0.4 is 0 Å². The molecule has 66 valence electrons. The van der Waals surface area contributed by atoms with E-state index in [0.29, 0.717) is 0 Å². The van der Waals surface area contributed by atoms with Crippen LogP contribution in [0.2, 0.25) is 0 Å². The van der Waals surface area contributed by atoms with Gasteiger partial charge in [0.1, 0.15) is 0 Å². The highest BCUT2D eigenvalue weighted by Gasteiger charge is 2.18. The average Bonchev–Trinajstić information content (AvgIpc) is 1.60. The lowest BCUT2D eigenvalue weighted by Crippen LogP contribution is -2.23. The normalized spacial score (nSPS) is 11.5. The third-order valence-corrected chi connectivity index (χ3v) is 1.07. The second kappa shape index (κ2) is 4.28. The monoisotopic (exact) mass is 181 g/mol. The molecule has 0 rings (SSSR count). The fourth-order valence-electron chi connectivity index (χ4n) is 0.316. The molecule has 11 heavy (non-hydrogen) atoms. The summed E-state index contributed by atoms with van der Waals surface area (Å²) >= 11 is 0. The van der Waals surface area contributed by atoms with Crippen LogP contribution in [0.5, 0.6) is 0 Å². The van der Waals surface area contributed by atoms with Crippen LogP contribution >= 0.6 is 0 Å².